The minimum atomic E-state index is -2.01. The van der Waals surface area contributed by atoms with Gasteiger partial charge in [0.2, 0.25) is 8.32 Å². The van der Waals surface area contributed by atoms with Crippen molar-refractivity contribution < 1.29 is 18.6 Å². The van der Waals surface area contributed by atoms with Crippen molar-refractivity contribution in [1.82, 2.24) is 0 Å². The lowest BCUT2D eigenvalue weighted by atomic mass is 9.79. The van der Waals surface area contributed by atoms with Crippen molar-refractivity contribution in [3.63, 3.8) is 0 Å². The van der Waals surface area contributed by atoms with Gasteiger partial charge in [-0.05, 0) is 24.2 Å². The fourth-order valence-corrected chi connectivity index (χ4v) is 3.75. The van der Waals surface area contributed by atoms with Crippen LogP contribution >= 0.6 is 0 Å². The van der Waals surface area contributed by atoms with Gasteiger partial charge >= 0.3 is 0 Å². The van der Waals surface area contributed by atoms with E-state index < -0.39 is 14.4 Å². The molecule has 1 aliphatic heterocycles. The fourth-order valence-electron chi connectivity index (χ4n) is 2.57. The van der Waals surface area contributed by atoms with Crippen LogP contribution in [0.25, 0.3) is 0 Å². The molecule has 0 aliphatic carbocycles. The Morgan fingerprint density at radius 2 is 1.92 bits per heavy atom. The zero-order valence-electron chi connectivity index (χ0n) is 17.3. The van der Waals surface area contributed by atoms with Crippen molar-refractivity contribution in [2.45, 2.75) is 77.5 Å². The van der Waals surface area contributed by atoms with E-state index in [4.69, 9.17) is 18.6 Å². The minimum Gasteiger partial charge on any atom is -0.546 e. The summed E-state index contributed by atoms with van der Waals surface area (Å²) in [5, 5.41) is 9.52. The van der Waals surface area contributed by atoms with E-state index in [1.165, 1.54) is 0 Å². The Hall–Kier alpha value is -0.873. The van der Waals surface area contributed by atoms with Gasteiger partial charge in [-0.3, -0.25) is 0 Å². The second-order valence-electron chi connectivity index (χ2n) is 8.84. The number of rotatable bonds is 7. The second-order valence-corrected chi connectivity index (χ2v) is 13.6. The van der Waals surface area contributed by atoms with Gasteiger partial charge < -0.3 is 18.6 Å². The van der Waals surface area contributed by atoms with Gasteiger partial charge in [-0.15, -0.1) is 0 Å². The molecule has 0 N–H and O–H groups in total. The third-order valence-corrected chi connectivity index (χ3v) is 9.86. The zero-order valence-corrected chi connectivity index (χ0v) is 18.3. The van der Waals surface area contributed by atoms with Gasteiger partial charge in [-0.1, -0.05) is 34.6 Å². The summed E-state index contributed by atoms with van der Waals surface area (Å²) in [6.07, 6.45) is 1.63. The Kier molecular flexibility index (Phi) is 7.28. The second kappa shape index (κ2) is 8.21. The molecule has 0 spiro atoms. The van der Waals surface area contributed by atoms with Crippen LogP contribution in [0, 0.1) is 16.7 Å². The van der Waals surface area contributed by atoms with E-state index in [-0.39, 0.29) is 22.7 Å². The van der Waals surface area contributed by atoms with Crippen LogP contribution in [-0.2, 0) is 18.6 Å². The topological polar surface area (TPSA) is 60.7 Å². The molecular weight excluding hydrogens is 334 g/mol. The van der Waals surface area contributed by atoms with Crippen LogP contribution in [0.5, 0.6) is 0 Å². The standard InChI is InChI=1S/C19H35NO4Si/c1-18(2,3)25(8,9)24-17-10-14(12-20)23-16(19(17,4)5)11-15(22-7)13-21-6/h10,14-16H,11,13H2,1-9H3/t14-,15-,16+/m0/s1. The number of hydrogen-bond acceptors (Lipinski definition) is 5. The van der Waals surface area contributed by atoms with Crippen LogP contribution in [0.2, 0.25) is 18.1 Å². The summed E-state index contributed by atoms with van der Waals surface area (Å²) in [5.74, 6) is 0.870. The van der Waals surface area contributed by atoms with E-state index in [1.54, 1.807) is 14.2 Å². The van der Waals surface area contributed by atoms with E-state index in [0.29, 0.717) is 13.0 Å². The lowest BCUT2D eigenvalue weighted by Gasteiger charge is -2.46. The smallest absolute Gasteiger partial charge is 0.250 e. The summed E-state index contributed by atoms with van der Waals surface area (Å²) in [5.41, 5.74) is -0.340. The Bertz CT molecular complexity index is 516. The van der Waals surface area contributed by atoms with Crippen LogP contribution in [0.4, 0.5) is 0 Å². The molecule has 3 atom stereocenters. The van der Waals surface area contributed by atoms with E-state index in [1.807, 2.05) is 6.08 Å². The van der Waals surface area contributed by atoms with Crippen molar-refractivity contribution in [3.05, 3.63) is 11.8 Å². The van der Waals surface area contributed by atoms with Gasteiger partial charge in [0.15, 0.2) is 6.10 Å². The van der Waals surface area contributed by atoms with Crippen LogP contribution in [0.1, 0.15) is 41.0 Å². The molecule has 1 heterocycles. The summed E-state index contributed by atoms with van der Waals surface area (Å²) in [7, 11) is 1.32. The van der Waals surface area contributed by atoms with Crippen molar-refractivity contribution in [2.75, 3.05) is 20.8 Å². The molecule has 0 fully saturated rings. The van der Waals surface area contributed by atoms with E-state index >= 15 is 0 Å². The van der Waals surface area contributed by atoms with Crippen molar-refractivity contribution in [1.29, 1.82) is 5.26 Å². The van der Waals surface area contributed by atoms with Crippen LogP contribution < -0.4 is 0 Å². The highest BCUT2D eigenvalue weighted by Crippen LogP contribution is 2.45. The van der Waals surface area contributed by atoms with Crippen LogP contribution in [0.3, 0.4) is 0 Å². The third kappa shape index (κ3) is 5.30. The Labute approximate surface area is 154 Å². The molecule has 144 valence electrons. The lowest BCUT2D eigenvalue weighted by molar-refractivity contribution is -0.0887. The first-order chi connectivity index (χ1) is 11.4. The normalized spacial score (nSPS) is 25.0. The molecule has 0 aromatic carbocycles. The van der Waals surface area contributed by atoms with Gasteiger partial charge in [-0.25, -0.2) is 0 Å². The monoisotopic (exact) mass is 369 g/mol. The largest absolute Gasteiger partial charge is 0.546 e. The summed E-state index contributed by atoms with van der Waals surface area (Å²) in [6, 6.07) is 2.21. The van der Waals surface area contributed by atoms with Gasteiger partial charge in [0.05, 0.1) is 30.6 Å². The highest BCUT2D eigenvalue weighted by molar-refractivity contribution is 6.74. The predicted molar refractivity (Wildman–Crippen MR) is 102 cm³/mol. The predicted octanol–water partition coefficient (Wildman–Crippen LogP) is 4.26. The van der Waals surface area contributed by atoms with E-state index in [2.05, 4.69) is 53.8 Å². The maximum atomic E-state index is 9.43. The summed E-state index contributed by atoms with van der Waals surface area (Å²) >= 11 is 0. The van der Waals surface area contributed by atoms with Crippen molar-refractivity contribution >= 4 is 8.32 Å². The van der Waals surface area contributed by atoms with E-state index in [0.717, 1.165) is 5.76 Å². The Morgan fingerprint density at radius 1 is 1.32 bits per heavy atom. The van der Waals surface area contributed by atoms with Crippen LogP contribution in [0.15, 0.2) is 11.8 Å². The molecule has 0 aromatic rings. The zero-order chi connectivity index (χ0) is 19.5. The molecule has 1 aliphatic rings. The average Bonchev–Trinajstić information content (AvgIpc) is 2.49. The summed E-state index contributed by atoms with van der Waals surface area (Å²) in [4.78, 5) is 0. The summed E-state index contributed by atoms with van der Waals surface area (Å²) in [6.45, 7) is 15.8. The highest BCUT2D eigenvalue weighted by Gasteiger charge is 2.47. The average molecular weight is 370 g/mol. The number of methoxy groups -OCH3 is 2. The molecule has 0 radical (unpaired) electrons. The first-order valence-corrected chi connectivity index (χ1v) is 11.8. The van der Waals surface area contributed by atoms with Crippen molar-refractivity contribution in [2.24, 2.45) is 5.41 Å². The Morgan fingerprint density at radius 3 is 2.36 bits per heavy atom. The molecule has 0 saturated carbocycles. The number of nitrogens with zero attached hydrogens (tertiary/aromatic N) is 1. The van der Waals surface area contributed by atoms with Gasteiger partial charge in [0, 0.05) is 26.1 Å². The summed E-state index contributed by atoms with van der Waals surface area (Å²) < 4.78 is 23.3. The number of nitriles is 1. The van der Waals surface area contributed by atoms with Gasteiger partial charge in [0.1, 0.15) is 0 Å². The fraction of sp³-hybridized carbons (Fsp3) is 0.842. The first kappa shape index (κ1) is 22.2. The van der Waals surface area contributed by atoms with Crippen LogP contribution in [-0.4, -0.2) is 47.5 Å². The highest BCUT2D eigenvalue weighted by atomic mass is 28.4. The molecule has 1 rings (SSSR count). The number of ether oxygens (including phenoxy) is 3. The maximum Gasteiger partial charge on any atom is 0.250 e. The molecule has 0 amide bonds. The molecule has 5 nitrogen and oxygen atoms in total. The maximum absolute atomic E-state index is 9.43. The molecule has 6 heteroatoms. The van der Waals surface area contributed by atoms with Crippen molar-refractivity contribution in [3.8, 4) is 6.07 Å². The first-order valence-electron chi connectivity index (χ1n) is 8.87. The molecule has 0 bridgehead atoms. The molecule has 25 heavy (non-hydrogen) atoms. The molecule has 0 unspecified atom stereocenters. The molecular formula is C19H35NO4Si. The molecule has 0 saturated heterocycles. The quantitative estimate of drug-likeness (QED) is 0.628. The minimum absolute atomic E-state index is 0.0826. The number of hydrogen-bond donors (Lipinski definition) is 0. The van der Waals surface area contributed by atoms with Gasteiger partial charge in [0.25, 0.3) is 0 Å². The third-order valence-electron chi connectivity index (χ3n) is 5.52. The lowest BCUT2D eigenvalue weighted by Crippen LogP contribution is -2.48. The van der Waals surface area contributed by atoms with Gasteiger partial charge in [-0.2, -0.15) is 5.26 Å². The Balaban J connectivity index is 3.12. The molecule has 0 aromatic heterocycles. The van der Waals surface area contributed by atoms with E-state index in [9.17, 15) is 5.26 Å². The SMILES string of the molecule is COC[C@H](C[C@H]1O[C@H](C#N)C=C(O[Si](C)(C)C(C)(C)C)C1(C)C)OC.